The Balaban J connectivity index is 2.11. The van der Waals surface area contributed by atoms with E-state index in [1.807, 2.05) is 0 Å². The van der Waals surface area contributed by atoms with Gasteiger partial charge in [0.1, 0.15) is 6.54 Å². The molecule has 0 radical (unpaired) electrons. The van der Waals surface area contributed by atoms with Gasteiger partial charge in [0, 0.05) is 10.6 Å². The van der Waals surface area contributed by atoms with Crippen LogP contribution < -0.4 is 9.73 Å². The van der Waals surface area contributed by atoms with Crippen LogP contribution in [0.25, 0.3) is 0 Å². The minimum atomic E-state index is -3.72. The summed E-state index contributed by atoms with van der Waals surface area (Å²) in [6.45, 7) is -0.478. The molecule has 0 aromatic heterocycles. The first kappa shape index (κ1) is 20.5. The Morgan fingerprint density at radius 3 is 2.46 bits per heavy atom. The highest BCUT2D eigenvalue weighted by Crippen LogP contribution is 2.26. The molecule has 10 heteroatoms. The molecular weight excluding hydrogens is 421 g/mol. The van der Waals surface area contributed by atoms with Gasteiger partial charge in [-0.25, -0.2) is 13.8 Å². The zero-order valence-corrected chi connectivity index (χ0v) is 16.6. The first-order chi connectivity index (χ1) is 12.2. The summed E-state index contributed by atoms with van der Waals surface area (Å²) >= 11 is 17.8. The van der Waals surface area contributed by atoms with Crippen molar-refractivity contribution in [2.75, 3.05) is 17.1 Å². The minimum Gasteiger partial charge on any atom is -0.271 e. The number of anilines is 1. The van der Waals surface area contributed by atoms with E-state index in [1.54, 1.807) is 24.3 Å². The first-order valence-electron chi connectivity index (χ1n) is 7.17. The van der Waals surface area contributed by atoms with Gasteiger partial charge in [-0.1, -0.05) is 53.0 Å². The molecular formula is C16H14Cl3N3O3S. The van der Waals surface area contributed by atoms with Crippen molar-refractivity contribution >= 4 is 62.6 Å². The first-order valence-corrected chi connectivity index (χ1v) is 10.2. The van der Waals surface area contributed by atoms with E-state index in [0.717, 1.165) is 10.6 Å². The number of amides is 1. The quantitative estimate of drug-likeness (QED) is 0.558. The number of benzene rings is 2. The van der Waals surface area contributed by atoms with Gasteiger partial charge in [0.25, 0.3) is 5.91 Å². The smallest absolute Gasteiger partial charge is 0.260 e. The van der Waals surface area contributed by atoms with Gasteiger partial charge in [-0.05, 0) is 24.3 Å². The van der Waals surface area contributed by atoms with E-state index >= 15 is 0 Å². The average molecular weight is 435 g/mol. The van der Waals surface area contributed by atoms with Gasteiger partial charge >= 0.3 is 0 Å². The number of carbonyl (C=O) groups excluding carboxylic acids is 1. The summed E-state index contributed by atoms with van der Waals surface area (Å²) in [7, 11) is -3.72. The Kier molecular flexibility index (Phi) is 6.88. The lowest BCUT2D eigenvalue weighted by Crippen LogP contribution is -2.39. The highest BCUT2D eigenvalue weighted by atomic mass is 35.5. The van der Waals surface area contributed by atoms with E-state index < -0.39 is 22.5 Å². The van der Waals surface area contributed by atoms with E-state index in [1.165, 1.54) is 24.4 Å². The number of hydrogen-bond acceptors (Lipinski definition) is 4. The Labute approximate surface area is 166 Å². The number of sulfonamides is 1. The molecule has 2 aromatic rings. The molecule has 0 fully saturated rings. The number of halogens is 3. The van der Waals surface area contributed by atoms with Crippen molar-refractivity contribution in [1.82, 2.24) is 5.43 Å². The molecule has 0 aliphatic rings. The van der Waals surface area contributed by atoms with Gasteiger partial charge in [-0.2, -0.15) is 5.10 Å². The van der Waals surface area contributed by atoms with Crippen LogP contribution in [0.4, 0.5) is 5.69 Å². The Bertz CT molecular complexity index is 949. The van der Waals surface area contributed by atoms with Crippen LogP contribution in [-0.2, 0) is 14.8 Å². The van der Waals surface area contributed by atoms with E-state index in [4.69, 9.17) is 34.8 Å². The molecule has 2 aromatic carbocycles. The molecule has 138 valence electrons. The van der Waals surface area contributed by atoms with Crippen LogP contribution in [0, 0.1) is 0 Å². The van der Waals surface area contributed by atoms with Crippen LogP contribution in [0.2, 0.25) is 15.1 Å². The number of nitrogens with one attached hydrogen (secondary N) is 1. The monoisotopic (exact) mass is 433 g/mol. The molecule has 0 aliphatic heterocycles. The fourth-order valence-corrected chi connectivity index (χ4v) is 3.59. The molecule has 26 heavy (non-hydrogen) atoms. The number of nitrogens with zero attached hydrogens (tertiary/aromatic N) is 2. The van der Waals surface area contributed by atoms with Crippen molar-refractivity contribution in [1.29, 1.82) is 0 Å². The lowest BCUT2D eigenvalue weighted by Gasteiger charge is -2.22. The van der Waals surface area contributed by atoms with E-state index in [0.29, 0.717) is 15.6 Å². The van der Waals surface area contributed by atoms with Gasteiger partial charge < -0.3 is 0 Å². The minimum absolute atomic E-state index is 0.205. The molecule has 0 heterocycles. The second-order valence-electron chi connectivity index (χ2n) is 5.18. The van der Waals surface area contributed by atoms with Crippen molar-refractivity contribution < 1.29 is 13.2 Å². The van der Waals surface area contributed by atoms with E-state index in [2.05, 4.69) is 10.5 Å². The zero-order chi connectivity index (χ0) is 19.3. The molecule has 1 amide bonds. The summed E-state index contributed by atoms with van der Waals surface area (Å²) in [6.07, 6.45) is 2.32. The number of rotatable bonds is 6. The fraction of sp³-hybridized carbons (Fsp3) is 0.125. The molecule has 0 saturated carbocycles. The van der Waals surface area contributed by atoms with Gasteiger partial charge in [0.05, 0.1) is 28.2 Å². The maximum Gasteiger partial charge on any atom is 0.260 e. The number of hydrogen-bond donors (Lipinski definition) is 1. The normalized spacial score (nSPS) is 11.5. The molecule has 0 unspecified atom stereocenters. The SMILES string of the molecule is CS(=O)(=O)N(CC(=O)N/N=C\c1ccc(Cl)cc1Cl)c1ccccc1Cl. The van der Waals surface area contributed by atoms with Gasteiger partial charge in [0.15, 0.2) is 0 Å². The third kappa shape index (κ3) is 5.60. The highest BCUT2D eigenvalue weighted by Gasteiger charge is 2.22. The van der Waals surface area contributed by atoms with Crippen molar-refractivity contribution in [2.24, 2.45) is 5.10 Å². The van der Waals surface area contributed by atoms with Gasteiger partial charge in [-0.15, -0.1) is 0 Å². The third-order valence-electron chi connectivity index (χ3n) is 3.16. The van der Waals surface area contributed by atoms with Gasteiger partial charge in [-0.3, -0.25) is 9.10 Å². The maximum absolute atomic E-state index is 12.1. The van der Waals surface area contributed by atoms with Crippen molar-refractivity contribution in [2.45, 2.75) is 0 Å². The summed E-state index contributed by atoms with van der Waals surface area (Å²) < 4.78 is 24.9. The van der Waals surface area contributed by atoms with Crippen molar-refractivity contribution in [3.05, 3.63) is 63.1 Å². The number of carbonyl (C=O) groups is 1. The maximum atomic E-state index is 12.1. The third-order valence-corrected chi connectivity index (χ3v) is 5.17. The molecule has 0 aliphatic carbocycles. The molecule has 0 atom stereocenters. The zero-order valence-electron chi connectivity index (χ0n) is 13.5. The molecule has 0 spiro atoms. The Morgan fingerprint density at radius 2 is 1.85 bits per heavy atom. The lowest BCUT2D eigenvalue weighted by atomic mass is 10.2. The van der Waals surface area contributed by atoms with E-state index in [-0.39, 0.29) is 10.7 Å². The summed E-state index contributed by atoms with van der Waals surface area (Å²) in [5.41, 5.74) is 3.00. The largest absolute Gasteiger partial charge is 0.271 e. The highest BCUT2D eigenvalue weighted by molar-refractivity contribution is 7.92. The average Bonchev–Trinajstić information content (AvgIpc) is 2.54. The predicted octanol–water partition coefficient (Wildman–Crippen LogP) is 3.56. The van der Waals surface area contributed by atoms with Crippen LogP contribution in [0.5, 0.6) is 0 Å². The summed E-state index contributed by atoms with van der Waals surface area (Å²) in [5, 5.41) is 4.82. The lowest BCUT2D eigenvalue weighted by molar-refractivity contribution is -0.119. The van der Waals surface area contributed by atoms with Crippen molar-refractivity contribution in [3.8, 4) is 0 Å². The topological polar surface area (TPSA) is 78.8 Å². The number of hydrazone groups is 1. The van der Waals surface area contributed by atoms with Crippen LogP contribution >= 0.6 is 34.8 Å². The summed E-state index contributed by atoms with van der Waals surface area (Å²) in [4.78, 5) is 12.1. The molecule has 0 saturated heterocycles. The van der Waals surface area contributed by atoms with E-state index in [9.17, 15) is 13.2 Å². The second kappa shape index (κ2) is 8.73. The predicted molar refractivity (Wildman–Crippen MR) is 106 cm³/mol. The fourth-order valence-electron chi connectivity index (χ4n) is 1.98. The van der Waals surface area contributed by atoms with Crippen LogP contribution in [-0.4, -0.2) is 33.3 Å². The molecule has 6 nitrogen and oxygen atoms in total. The number of para-hydroxylation sites is 1. The van der Waals surface area contributed by atoms with Gasteiger partial charge in [0.2, 0.25) is 10.0 Å². The van der Waals surface area contributed by atoms with Crippen LogP contribution in [0.15, 0.2) is 47.6 Å². The summed E-state index contributed by atoms with van der Waals surface area (Å²) in [5.74, 6) is -0.642. The Morgan fingerprint density at radius 1 is 1.15 bits per heavy atom. The second-order valence-corrected chi connectivity index (χ2v) is 8.34. The standard InChI is InChI=1S/C16H14Cl3N3O3S/c1-26(24,25)22(15-5-3-2-4-13(15)18)10-16(23)21-20-9-11-6-7-12(17)8-14(11)19/h2-9H,10H2,1H3,(H,21,23)/b20-9-. The molecule has 2 rings (SSSR count). The van der Waals surface area contributed by atoms with Crippen molar-refractivity contribution in [3.63, 3.8) is 0 Å². The molecule has 0 bridgehead atoms. The molecule has 1 N–H and O–H groups in total. The van der Waals surface area contributed by atoms with Crippen LogP contribution in [0.1, 0.15) is 5.56 Å². The summed E-state index contributed by atoms with van der Waals surface area (Å²) in [6, 6.07) is 11.1. The Hall–Kier alpha value is -1.80. The van der Waals surface area contributed by atoms with Crippen LogP contribution in [0.3, 0.4) is 0 Å².